The van der Waals surface area contributed by atoms with Crippen LogP contribution < -0.4 is 15.4 Å². The predicted molar refractivity (Wildman–Crippen MR) is 112 cm³/mol. The molecule has 0 amide bonds. The van der Waals surface area contributed by atoms with Gasteiger partial charge in [0.1, 0.15) is 0 Å². The van der Waals surface area contributed by atoms with Gasteiger partial charge in [0.05, 0.1) is 4.90 Å². The molecule has 0 aliphatic rings. The van der Waals surface area contributed by atoms with E-state index in [9.17, 15) is 8.42 Å². The number of thiocarbonyl (C=S) groups is 1. The molecule has 0 fully saturated rings. The van der Waals surface area contributed by atoms with E-state index in [1.165, 1.54) is 5.56 Å². The van der Waals surface area contributed by atoms with E-state index in [0.29, 0.717) is 23.3 Å². The van der Waals surface area contributed by atoms with Crippen LogP contribution in [0.2, 0.25) is 0 Å². The molecule has 0 radical (unpaired) electrons. The molecular formula is C19H25N3O2S2. The van der Waals surface area contributed by atoms with E-state index in [4.69, 9.17) is 12.2 Å². The SMILES string of the molecule is CCNS(=O)(=O)c1ccc(NC(=S)Nc2ccc(C(C)CC)cc2)cc1. The van der Waals surface area contributed by atoms with Crippen molar-refractivity contribution in [3.8, 4) is 0 Å². The van der Waals surface area contributed by atoms with Crippen molar-refractivity contribution in [2.45, 2.75) is 38.0 Å². The molecule has 0 saturated heterocycles. The van der Waals surface area contributed by atoms with Gasteiger partial charge in [-0.25, -0.2) is 13.1 Å². The van der Waals surface area contributed by atoms with Crippen LogP contribution in [0.1, 0.15) is 38.7 Å². The van der Waals surface area contributed by atoms with Crippen LogP contribution in [0.4, 0.5) is 11.4 Å². The minimum atomic E-state index is -3.44. The number of hydrogen-bond acceptors (Lipinski definition) is 3. The van der Waals surface area contributed by atoms with E-state index in [0.717, 1.165) is 12.1 Å². The summed E-state index contributed by atoms with van der Waals surface area (Å²) >= 11 is 5.32. The first-order valence-corrected chi connectivity index (χ1v) is 10.5. The quantitative estimate of drug-likeness (QED) is 0.614. The van der Waals surface area contributed by atoms with Crippen LogP contribution in [0.25, 0.3) is 0 Å². The lowest BCUT2D eigenvalue weighted by atomic mass is 9.99. The standard InChI is InChI=1S/C19H25N3O2S2/c1-4-14(3)15-6-8-16(9-7-15)21-19(25)22-17-10-12-18(13-11-17)26(23,24)20-5-2/h6-14,20H,4-5H2,1-3H3,(H2,21,22,25). The zero-order valence-electron chi connectivity index (χ0n) is 15.2. The van der Waals surface area contributed by atoms with Crippen LogP contribution in [-0.2, 0) is 10.0 Å². The molecule has 26 heavy (non-hydrogen) atoms. The summed E-state index contributed by atoms with van der Waals surface area (Å²) < 4.78 is 26.3. The lowest BCUT2D eigenvalue weighted by molar-refractivity contribution is 0.584. The van der Waals surface area contributed by atoms with Crippen molar-refractivity contribution >= 4 is 38.7 Å². The summed E-state index contributed by atoms with van der Waals surface area (Å²) in [4.78, 5) is 0.226. The summed E-state index contributed by atoms with van der Waals surface area (Å²) in [6, 6.07) is 14.7. The van der Waals surface area contributed by atoms with Gasteiger partial charge in [-0.05, 0) is 66.5 Å². The zero-order chi connectivity index (χ0) is 19.2. The molecular weight excluding hydrogens is 366 g/mol. The number of nitrogens with one attached hydrogen (secondary N) is 3. The lowest BCUT2D eigenvalue weighted by Crippen LogP contribution is -2.23. The highest BCUT2D eigenvalue weighted by Crippen LogP contribution is 2.21. The third-order valence-electron chi connectivity index (χ3n) is 4.11. The Hall–Kier alpha value is -1.96. The maximum Gasteiger partial charge on any atom is 0.240 e. The van der Waals surface area contributed by atoms with Crippen LogP contribution in [0.3, 0.4) is 0 Å². The lowest BCUT2D eigenvalue weighted by Gasteiger charge is -2.13. The second-order valence-electron chi connectivity index (χ2n) is 6.04. The monoisotopic (exact) mass is 391 g/mol. The van der Waals surface area contributed by atoms with Gasteiger partial charge in [0.15, 0.2) is 5.11 Å². The summed E-state index contributed by atoms with van der Waals surface area (Å²) in [7, 11) is -3.44. The van der Waals surface area contributed by atoms with Crippen molar-refractivity contribution < 1.29 is 8.42 Å². The first-order valence-electron chi connectivity index (χ1n) is 8.63. The van der Waals surface area contributed by atoms with Crippen LogP contribution in [-0.4, -0.2) is 20.1 Å². The number of anilines is 2. The van der Waals surface area contributed by atoms with Crippen molar-refractivity contribution in [2.75, 3.05) is 17.2 Å². The summed E-state index contributed by atoms with van der Waals surface area (Å²) in [5.41, 5.74) is 2.92. The number of benzene rings is 2. The van der Waals surface area contributed by atoms with Gasteiger partial charge in [0.2, 0.25) is 10.0 Å². The second-order valence-corrected chi connectivity index (χ2v) is 8.21. The summed E-state index contributed by atoms with van der Waals surface area (Å²) in [5, 5.41) is 6.63. The Morgan fingerprint density at radius 2 is 1.46 bits per heavy atom. The molecule has 140 valence electrons. The van der Waals surface area contributed by atoms with E-state index >= 15 is 0 Å². The van der Waals surface area contributed by atoms with Crippen LogP contribution in [0, 0.1) is 0 Å². The maximum absolute atomic E-state index is 11.9. The average molecular weight is 392 g/mol. The highest BCUT2D eigenvalue weighted by Gasteiger charge is 2.12. The Morgan fingerprint density at radius 1 is 0.962 bits per heavy atom. The van der Waals surface area contributed by atoms with Crippen LogP contribution in [0.15, 0.2) is 53.4 Å². The largest absolute Gasteiger partial charge is 0.332 e. The van der Waals surface area contributed by atoms with Crippen LogP contribution >= 0.6 is 12.2 Å². The van der Waals surface area contributed by atoms with Gasteiger partial charge in [-0.1, -0.05) is 32.9 Å². The van der Waals surface area contributed by atoms with Crippen molar-refractivity contribution in [1.29, 1.82) is 0 Å². The first kappa shape index (κ1) is 20.4. The summed E-state index contributed by atoms with van der Waals surface area (Å²) in [6.45, 7) is 6.47. The van der Waals surface area contributed by atoms with E-state index in [2.05, 4.69) is 41.3 Å². The minimum Gasteiger partial charge on any atom is -0.332 e. The van der Waals surface area contributed by atoms with Crippen molar-refractivity contribution in [1.82, 2.24) is 4.72 Å². The fourth-order valence-corrected chi connectivity index (χ4v) is 3.69. The van der Waals surface area contributed by atoms with E-state index < -0.39 is 10.0 Å². The number of rotatable bonds is 7. The molecule has 3 N–H and O–H groups in total. The summed E-state index contributed by atoms with van der Waals surface area (Å²) in [6.07, 6.45) is 1.10. The van der Waals surface area contributed by atoms with Crippen molar-refractivity contribution in [3.05, 3.63) is 54.1 Å². The van der Waals surface area contributed by atoms with Gasteiger partial charge in [0, 0.05) is 17.9 Å². The Balaban J connectivity index is 1.97. The molecule has 0 heterocycles. The Kier molecular flexibility index (Phi) is 7.14. The van der Waals surface area contributed by atoms with Gasteiger partial charge >= 0.3 is 0 Å². The van der Waals surface area contributed by atoms with E-state index in [-0.39, 0.29) is 4.90 Å². The van der Waals surface area contributed by atoms with Gasteiger partial charge in [-0.2, -0.15) is 0 Å². The van der Waals surface area contributed by atoms with Gasteiger partial charge in [-0.3, -0.25) is 0 Å². The molecule has 0 aromatic heterocycles. The fraction of sp³-hybridized carbons (Fsp3) is 0.316. The van der Waals surface area contributed by atoms with E-state index in [1.54, 1.807) is 31.2 Å². The highest BCUT2D eigenvalue weighted by atomic mass is 32.2. The minimum absolute atomic E-state index is 0.226. The third kappa shape index (κ3) is 5.52. The van der Waals surface area contributed by atoms with Crippen molar-refractivity contribution in [3.63, 3.8) is 0 Å². The molecule has 7 heteroatoms. The molecule has 2 aromatic rings. The van der Waals surface area contributed by atoms with Crippen LogP contribution in [0.5, 0.6) is 0 Å². The smallest absolute Gasteiger partial charge is 0.240 e. The van der Waals surface area contributed by atoms with Gasteiger partial charge in [-0.15, -0.1) is 0 Å². The molecule has 0 aliphatic heterocycles. The molecule has 2 rings (SSSR count). The fourth-order valence-electron chi connectivity index (χ4n) is 2.41. The molecule has 2 aromatic carbocycles. The molecule has 0 aliphatic carbocycles. The predicted octanol–water partition coefficient (Wildman–Crippen LogP) is 4.31. The second kappa shape index (κ2) is 9.12. The Morgan fingerprint density at radius 3 is 1.92 bits per heavy atom. The van der Waals surface area contributed by atoms with Gasteiger partial charge in [0.25, 0.3) is 0 Å². The average Bonchev–Trinajstić information content (AvgIpc) is 2.62. The highest BCUT2D eigenvalue weighted by molar-refractivity contribution is 7.89. The number of hydrogen-bond donors (Lipinski definition) is 3. The molecule has 1 atom stereocenters. The molecule has 5 nitrogen and oxygen atoms in total. The zero-order valence-corrected chi connectivity index (χ0v) is 16.9. The third-order valence-corrected chi connectivity index (χ3v) is 5.87. The summed E-state index contributed by atoms with van der Waals surface area (Å²) in [5.74, 6) is 0.533. The molecule has 0 saturated carbocycles. The maximum atomic E-state index is 11.9. The topological polar surface area (TPSA) is 70.2 Å². The number of sulfonamides is 1. The van der Waals surface area contributed by atoms with Crippen molar-refractivity contribution in [2.24, 2.45) is 0 Å². The Labute approximate surface area is 161 Å². The van der Waals surface area contributed by atoms with Gasteiger partial charge < -0.3 is 10.6 Å². The molecule has 1 unspecified atom stereocenters. The molecule has 0 bridgehead atoms. The molecule has 0 spiro atoms. The normalized spacial score (nSPS) is 12.4. The Bertz CT molecular complexity index is 832. The first-order chi connectivity index (χ1) is 12.4. The van der Waals surface area contributed by atoms with E-state index in [1.807, 2.05) is 12.1 Å².